The van der Waals surface area contributed by atoms with Crippen molar-refractivity contribution >= 4 is 23.8 Å². The number of hydrogen-bond donors (Lipinski definition) is 2. The van der Waals surface area contributed by atoms with Crippen LogP contribution in [0.4, 0.5) is 16.2 Å². The average Bonchev–Trinajstić information content (AvgIpc) is 2.71. The van der Waals surface area contributed by atoms with E-state index in [9.17, 15) is 14.0 Å². The van der Waals surface area contributed by atoms with E-state index in [2.05, 4.69) is 20.2 Å². The van der Waals surface area contributed by atoms with Crippen molar-refractivity contribution in [1.29, 1.82) is 0 Å². The molecule has 1 aliphatic heterocycles. The molecule has 0 saturated carbocycles. The zero-order valence-corrected chi connectivity index (χ0v) is 16.4. The fraction of sp³-hybridized carbons (Fsp3) is 0.400. The monoisotopic (exact) mass is 401 g/mol. The number of rotatable bonds is 7. The molecule has 29 heavy (non-hydrogen) atoms. The van der Waals surface area contributed by atoms with Gasteiger partial charge in [-0.2, -0.15) is 4.98 Å². The summed E-state index contributed by atoms with van der Waals surface area (Å²) in [7, 11) is 1.41. The number of nitrogens with zero attached hydrogens (tertiary/aromatic N) is 3. The van der Waals surface area contributed by atoms with Crippen LogP contribution in [0.5, 0.6) is 5.75 Å². The summed E-state index contributed by atoms with van der Waals surface area (Å²) in [6, 6.07) is 2.76. The molecule has 2 heterocycles. The molecule has 1 fully saturated rings. The molecule has 154 valence electrons. The molecule has 2 aromatic rings. The molecular weight excluding hydrogens is 377 g/mol. The number of ketones is 1. The molecule has 8 nitrogen and oxygen atoms in total. The zero-order chi connectivity index (χ0) is 21.0. The van der Waals surface area contributed by atoms with Crippen LogP contribution >= 0.6 is 0 Å². The summed E-state index contributed by atoms with van der Waals surface area (Å²) >= 11 is 0. The first-order valence-electron chi connectivity index (χ1n) is 9.36. The second-order valence-electron chi connectivity index (χ2n) is 7.01. The number of halogens is 1. The summed E-state index contributed by atoms with van der Waals surface area (Å²) < 4.78 is 19.2. The van der Waals surface area contributed by atoms with E-state index in [1.165, 1.54) is 19.4 Å². The van der Waals surface area contributed by atoms with Crippen LogP contribution in [-0.2, 0) is 4.79 Å². The Kier molecular flexibility index (Phi) is 6.38. The maximum absolute atomic E-state index is 14.0. The number of anilines is 2. The minimum atomic E-state index is -0.507. The number of carbonyl (C=O) groups excluding carboxylic acids is 2. The summed E-state index contributed by atoms with van der Waals surface area (Å²) in [5.41, 5.74) is 6.51. The van der Waals surface area contributed by atoms with Gasteiger partial charge < -0.3 is 20.6 Å². The van der Waals surface area contributed by atoms with Gasteiger partial charge in [0.15, 0.2) is 0 Å². The maximum Gasteiger partial charge on any atom is 0.224 e. The lowest BCUT2D eigenvalue weighted by Crippen LogP contribution is -2.40. The summed E-state index contributed by atoms with van der Waals surface area (Å²) in [5, 5.41) is 3.22. The number of methoxy groups -OCH3 is 1. The molecule has 0 unspecified atom stereocenters. The number of ether oxygens (including phenoxy) is 1. The minimum absolute atomic E-state index is 0.00827. The largest absolute Gasteiger partial charge is 0.496 e. The lowest BCUT2D eigenvalue weighted by molar-refractivity contribution is -0.109. The van der Waals surface area contributed by atoms with Crippen LogP contribution in [0, 0.1) is 12.7 Å². The molecule has 0 bridgehead atoms. The zero-order valence-electron chi connectivity index (χ0n) is 16.4. The molecule has 0 amide bonds. The Morgan fingerprint density at radius 2 is 2.10 bits per heavy atom. The third kappa shape index (κ3) is 4.68. The summed E-state index contributed by atoms with van der Waals surface area (Å²) in [6.07, 6.45) is 3.93. The normalized spacial score (nSPS) is 15.1. The molecule has 1 aromatic carbocycles. The van der Waals surface area contributed by atoms with Crippen molar-refractivity contribution in [3.05, 3.63) is 40.8 Å². The topological polar surface area (TPSA) is 110 Å². The summed E-state index contributed by atoms with van der Waals surface area (Å²) in [5.74, 6) is -0.415. The minimum Gasteiger partial charge on any atom is -0.496 e. The third-order valence-electron chi connectivity index (χ3n) is 5.04. The number of hydrogen-bond acceptors (Lipinski definition) is 8. The molecule has 9 heteroatoms. The number of aromatic nitrogens is 2. The predicted molar refractivity (Wildman–Crippen MR) is 107 cm³/mol. The molecule has 0 spiro atoms. The van der Waals surface area contributed by atoms with Crippen LogP contribution in [-0.4, -0.2) is 59.7 Å². The van der Waals surface area contributed by atoms with Crippen molar-refractivity contribution in [2.75, 3.05) is 37.8 Å². The van der Waals surface area contributed by atoms with Gasteiger partial charge in [-0.05, 0) is 37.5 Å². The van der Waals surface area contributed by atoms with Gasteiger partial charge in [0, 0.05) is 25.3 Å². The lowest BCUT2D eigenvalue weighted by Gasteiger charge is -2.31. The second-order valence-corrected chi connectivity index (χ2v) is 7.01. The highest BCUT2D eigenvalue weighted by atomic mass is 19.1. The molecular formula is C20H24FN5O3. The van der Waals surface area contributed by atoms with Crippen molar-refractivity contribution < 1.29 is 18.7 Å². The number of piperidine rings is 1. The molecule has 0 radical (unpaired) electrons. The number of carbonyl (C=O) groups is 2. The van der Waals surface area contributed by atoms with Gasteiger partial charge in [0.2, 0.25) is 11.7 Å². The fourth-order valence-corrected chi connectivity index (χ4v) is 3.33. The molecule has 1 aromatic heterocycles. The first-order valence-corrected chi connectivity index (χ1v) is 9.36. The Morgan fingerprint density at radius 3 is 2.72 bits per heavy atom. The van der Waals surface area contributed by atoms with Crippen molar-refractivity contribution in [2.45, 2.75) is 25.8 Å². The molecule has 3 rings (SSSR count). The van der Waals surface area contributed by atoms with Crippen LogP contribution in [0.1, 0.15) is 34.3 Å². The smallest absolute Gasteiger partial charge is 0.224 e. The molecule has 1 saturated heterocycles. The number of nitrogens with one attached hydrogen (secondary N) is 1. The Bertz CT molecular complexity index is 913. The van der Waals surface area contributed by atoms with Gasteiger partial charge in [-0.25, -0.2) is 9.37 Å². The van der Waals surface area contributed by atoms with Gasteiger partial charge in [-0.1, -0.05) is 0 Å². The van der Waals surface area contributed by atoms with Crippen LogP contribution < -0.4 is 15.8 Å². The van der Waals surface area contributed by atoms with Gasteiger partial charge in [-0.15, -0.1) is 0 Å². The number of benzene rings is 1. The van der Waals surface area contributed by atoms with E-state index >= 15 is 0 Å². The SMILES string of the molecule is COc1cc(C)c(F)cc1C(=O)c1cnc(NC2CCN(CC=O)CC2)nc1N. The highest BCUT2D eigenvalue weighted by Crippen LogP contribution is 2.27. The van der Waals surface area contributed by atoms with E-state index in [0.29, 0.717) is 18.1 Å². The van der Waals surface area contributed by atoms with Crippen molar-refractivity contribution in [3.8, 4) is 5.75 Å². The highest BCUT2D eigenvalue weighted by molar-refractivity contribution is 6.13. The van der Waals surface area contributed by atoms with Crippen LogP contribution in [0.25, 0.3) is 0 Å². The second kappa shape index (κ2) is 8.95. The van der Waals surface area contributed by atoms with E-state index < -0.39 is 11.6 Å². The first kappa shape index (κ1) is 20.7. The fourth-order valence-electron chi connectivity index (χ4n) is 3.33. The van der Waals surface area contributed by atoms with E-state index in [0.717, 1.165) is 38.3 Å². The highest BCUT2D eigenvalue weighted by Gasteiger charge is 2.22. The third-order valence-corrected chi connectivity index (χ3v) is 5.04. The summed E-state index contributed by atoms with van der Waals surface area (Å²) in [4.78, 5) is 33.9. The predicted octanol–water partition coefficient (Wildman–Crippen LogP) is 1.82. The van der Waals surface area contributed by atoms with Gasteiger partial charge in [0.25, 0.3) is 0 Å². The Balaban J connectivity index is 1.74. The lowest BCUT2D eigenvalue weighted by atomic mass is 10.0. The first-order chi connectivity index (χ1) is 13.9. The Morgan fingerprint density at radius 1 is 1.38 bits per heavy atom. The van der Waals surface area contributed by atoms with Crippen molar-refractivity contribution in [2.24, 2.45) is 0 Å². The molecule has 0 atom stereocenters. The molecule has 3 N–H and O–H groups in total. The quantitative estimate of drug-likeness (QED) is 0.534. The van der Waals surface area contributed by atoms with Gasteiger partial charge in [0.1, 0.15) is 23.7 Å². The number of nitrogens with two attached hydrogens (primary N) is 1. The number of aldehydes is 1. The Hall–Kier alpha value is -3.07. The van der Waals surface area contributed by atoms with Crippen molar-refractivity contribution in [3.63, 3.8) is 0 Å². The molecule has 1 aliphatic rings. The van der Waals surface area contributed by atoms with Gasteiger partial charge in [-0.3, -0.25) is 9.69 Å². The van der Waals surface area contributed by atoms with Crippen molar-refractivity contribution in [1.82, 2.24) is 14.9 Å². The summed E-state index contributed by atoms with van der Waals surface area (Å²) in [6.45, 7) is 3.64. The van der Waals surface area contributed by atoms with E-state index in [1.54, 1.807) is 6.92 Å². The van der Waals surface area contributed by atoms with Gasteiger partial charge >= 0.3 is 0 Å². The van der Waals surface area contributed by atoms with E-state index in [1.807, 2.05) is 0 Å². The van der Waals surface area contributed by atoms with E-state index in [-0.39, 0.29) is 28.7 Å². The Labute approximate surface area is 168 Å². The van der Waals surface area contributed by atoms with Gasteiger partial charge in [0.05, 0.1) is 24.8 Å². The average molecular weight is 401 g/mol. The standard InChI is InChI=1S/C20H24FN5O3/c1-12-9-17(29-2)14(10-16(12)21)18(28)15-11-23-20(25-19(15)22)24-13-3-5-26(6-4-13)7-8-27/h8-11,13H,3-7H2,1-2H3,(H3,22,23,24,25). The number of aryl methyl sites for hydroxylation is 1. The number of nitrogen functional groups attached to an aromatic ring is 1. The van der Waals surface area contributed by atoms with E-state index in [4.69, 9.17) is 10.5 Å². The van der Waals surface area contributed by atoms with Crippen LogP contribution in [0.3, 0.4) is 0 Å². The maximum atomic E-state index is 14.0. The van der Waals surface area contributed by atoms with Crippen LogP contribution in [0.2, 0.25) is 0 Å². The molecule has 0 aliphatic carbocycles. The van der Waals surface area contributed by atoms with Crippen LogP contribution in [0.15, 0.2) is 18.3 Å². The number of likely N-dealkylation sites (tertiary alicyclic amines) is 1.